The summed E-state index contributed by atoms with van der Waals surface area (Å²) < 4.78 is 1.79. The Morgan fingerprint density at radius 1 is 1.20 bits per heavy atom. The normalized spacial score (nSPS) is 26.2. The van der Waals surface area contributed by atoms with Gasteiger partial charge in [-0.3, -0.25) is 14.4 Å². The van der Waals surface area contributed by atoms with Crippen molar-refractivity contribution in [1.29, 1.82) is 0 Å². The summed E-state index contributed by atoms with van der Waals surface area (Å²) in [6.07, 6.45) is 1.72. The zero-order valence-corrected chi connectivity index (χ0v) is 15.2. The molecule has 2 fully saturated rings. The molecule has 0 spiro atoms. The molecule has 132 valence electrons. The Hall–Kier alpha value is -2.14. The molecule has 0 saturated carbocycles. The van der Waals surface area contributed by atoms with Crippen LogP contribution in [0.1, 0.15) is 34.6 Å². The van der Waals surface area contributed by atoms with E-state index in [9.17, 15) is 4.79 Å². The van der Waals surface area contributed by atoms with Crippen LogP contribution in [-0.4, -0.2) is 52.2 Å². The van der Waals surface area contributed by atoms with Crippen molar-refractivity contribution in [3.8, 4) is 0 Å². The number of fused-ring (bicyclic) bond motifs is 1. The lowest BCUT2D eigenvalue weighted by atomic mass is 9.88. The van der Waals surface area contributed by atoms with Gasteiger partial charge < -0.3 is 4.90 Å². The largest absolute Gasteiger partial charge is 0.337 e. The monoisotopic (exact) mass is 338 g/mol. The molecule has 0 radical (unpaired) electrons. The summed E-state index contributed by atoms with van der Waals surface area (Å²) in [6.45, 7) is 7.68. The Morgan fingerprint density at radius 3 is 2.76 bits per heavy atom. The third-order valence-corrected chi connectivity index (χ3v) is 5.92. The molecule has 5 nitrogen and oxygen atoms in total. The summed E-state index contributed by atoms with van der Waals surface area (Å²) >= 11 is 0. The van der Waals surface area contributed by atoms with E-state index in [1.165, 1.54) is 11.1 Å². The summed E-state index contributed by atoms with van der Waals surface area (Å²) in [5.74, 6) is 1.18. The van der Waals surface area contributed by atoms with Gasteiger partial charge in [0.1, 0.15) is 5.69 Å². The maximum atomic E-state index is 13.0. The fourth-order valence-corrected chi connectivity index (χ4v) is 4.74. The van der Waals surface area contributed by atoms with E-state index in [-0.39, 0.29) is 5.91 Å². The van der Waals surface area contributed by atoms with Gasteiger partial charge in [-0.2, -0.15) is 5.10 Å². The number of hydrogen-bond acceptors (Lipinski definition) is 3. The van der Waals surface area contributed by atoms with Crippen molar-refractivity contribution in [2.75, 3.05) is 26.7 Å². The maximum absolute atomic E-state index is 13.0. The maximum Gasteiger partial charge on any atom is 0.272 e. The Labute approximate surface area is 149 Å². The Kier molecular flexibility index (Phi) is 4.12. The van der Waals surface area contributed by atoms with Crippen LogP contribution in [0, 0.1) is 18.8 Å². The lowest BCUT2D eigenvalue weighted by molar-refractivity contribution is 0.0755. The second-order valence-corrected chi connectivity index (χ2v) is 7.41. The van der Waals surface area contributed by atoms with Crippen LogP contribution in [0.5, 0.6) is 0 Å². The van der Waals surface area contributed by atoms with E-state index in [0.717, 1.165) is 26.2 Å². The fourth-order valence-electron chi connectivity index (χ4n) is 4.74. The van der Waals surface area contributed by atoms with Gasteiger partial charge in [0.15, 0.2) is 0 Å². The number of carbonyl (C=O) groups is 1. The first-order valence-electron chi connectivity index (χ1n) is 9.17. The number of nitrogens with zero attached hydrogens (tertiary/aromatic N) is 4. The van der Waals surface area contributed by atoms with E-state index < -0.39 is 0 Å². The van der Waals surface area contributed by atoms with E-state index >= 15 is 0 Å². The highest BCUT2D eigenvalue weighted by atomic mass is 16.2. The number of hydrogen-bond donors (Lipinski definition) is 0. The highest BCUT2D eigenvalue weighted by Crippen LogP contribution is 2.45. The minimum atomic E-state index is 0.125. The lowest BCUT2D eigenvalue weighted by Crippen LogP contribution is -2.34. The fraction of sp³-hybridized carbons (Fsp3) is 0.500. The van der Waals surface area contributed by atoms with E-state index in [1.54, 1.807) is 10.9 Å². The van der Waals surface area contributed by atoms with Gasteiger partial charge in [-0.05, 0) is 44.0 Å². The van der Waals surface area contributed by atoms with Gasteiger partial charge in [-0.15, -0.1) is 0 Å². The van der Waals surface area contributed by atoms with E-state index in [2.05, 4.69) is 48.2 Å². The van der Waals surface area contributed by atoms with Crippen molar-refractivity contribution in [3.05, 3.63) is 53.3 Å². The molecule has 5 heteroatoms. The molecular weight excluding hydrogens is 312 g/mol. The second-order valence-electron chi connectivity index (χ2n) is 7.41. The van der Waals surface area contributed by atoms with Crippen LogP contribution in [0.15, 0.2) is 36.5 Å². The van der Waals surface area contributed by atoms with Crippen LogP contribution in [-0.2, 0) is 6.54 Å². The summed E-state index contributed by atoms with van der Waals surface area (Å²) in [4.78, 5) is 17.5. The number of aryl methyl sites for hydroxylation is 2. The minimum absolute atomic E-state index is 0.125. The van der Waals surface area contributed by atoms with Crippen molar-refractivity contribution >= 4 is 5.91 Å². The quantitative estimate of drug-likeness (QED) is 0.864. The summed E-state index contributed by atoms with van der Waals surface area (Å²) in [7, 11) is 2.22. The first kappa shape index (κ1) is 16.3. The Bertz CT molecular complexity index is 784. The lowest BCUT2D eigenvalue weighted by Gasteiger charge is -2.28. The van der Waals surface area contributed by atoms with Crippen LogP contribution >= 0.6 is 0 Å². The van der Waals surface area contributed by atoms with Crippen molar-refractivity contribution < 1.29 is 4.79 Å². The number of benzene rings is 1. The third-order valence-electron chi connectivity index (χ3n) is 5.92. The highest BCUT2D eigenvalue weighted by molar-refractivity contribution is 5.92. The number of aromatic nitrogens is 2. The average Bonchev–Trinajstić information content (AvgIpc) is 3.29. The standard InChI is InChI=1S/C20H26N4O/c1-4-24-18(9-10-21-24)20(25)23-12-15-11-22(3)19(17(15)13-23)16-8-6-5-7-14(16)2/h5-10,15,17,19H,4,11-13H2,1-3H3/t15-,17+,19-/m0/s1. The molecule has 0 N–H and O–H groups in total. The van der Waals surface area contributed by atoms with E-state index in [4.69, 9.17) is 0 Å². The first-order valence-corrected chi connectivity index (χ1v) is 9.17. The van der Waals surface area contributed by atoms with Gasteiger partial charge in [-0.25, -0.2) is 0 Å². The molecule has 3 atom stereocenters. The van der Waals surface area contributed by atoms with Crippen molar-refractivity contribution in [2.45, 2.75) is 26.4 Å². The average molecular weight is 338 g/mol. The Balaban J connectivity index is 1.57. The number of rotatable bonds is 3. The van der Waals surface area contributed by atoms with Crippen LogP contribution in [0.4, 0.5) is 0 Å². The Morgan fingerprint density at radius 2 is 2.00 bits per heavy atom. The molecule has 2 aliphatic heterocycles. The van der Waals surface area contributed by atoms with Gasteiger partial charge in [0.05, 0.1) is 0 Å². The van der Waals surface area contributed by atoms with Crippen LogP contribution in [0.3, 0.4) is 0 Å². The zero-order valence-electron chi connectivity index (χ0n) is 15.2. The molecule has 25 heavy (non-hydrogen) atoms. The number of likely N-dealkylation sites (tertiary alicyclic amines) is 2. The van der Waals surface area contributed by atoms with Crippen LogP contribution in [0.25, 0.3) is 0 Å². The zero-order chi connectivity index (χ0) is 17.6. The van der Waals surface area contributed by atoms with Gasteiger partial charge in [0, 0.05) is 44.3 Å². The predicted octanol–water partition coefficient (Wildman–Crippen LogP) is 2.59. The molecule has 3 heterocycles. The molecule has 1 aromatic heterocycles. The van der Waals surface area contributed by atoms with Gasteiger partial charge >= 0.3 is 0 Å². The van der Waals surface area contributed by atoms with Crippen LogP contribution in [0.2, 0.25) is 0 Å². The highest BCUT2D eigenvalue weighted by Gasteiger charge is 2.47. The smallest absolute Gasteiger partial charge is 0.272 e. The third kappa shape index (κ3) is 2.67. The molecule has 1 amide bonds. The summed E-state index contributed by atoms with van der Waals surface area (Å²) in [5.41, 5.74) is 3.46. The minimum Gasteiger partial charge on any atom is -0.337 e. The molecular formula is C20H26N4O. The molecule has 2 saturated heterocycles. The van der Waals surface area contributed by atoms with Crippen molar-refractivity contribution in [1.82, 2.24) is 19.6 Å². The summed E-state index contributed by atoms with van der Waals surface area (Å²) in [5, 5.41) is 4.25. The molecule has 1 aromatic carbocycles. The van der Waals surface area contributed by atoms with Crippen molar-refractivity contribution in [3.63, 3.8) is 0 Å². The van der Waals surface area contributed by atoms with Gasteiger partial charge in [-0.1, -0.05) is 24.3 Å². The SMILES string of the molecule is CCn1nccc1C(=O)N1C[C@@H]2CN(C)[C@@H](c3ccccc3C)[C@@H]2C1. The molecule has 4 rings (SSSR count). The first-order chi connectivity index (χ1) is 12.1. The van der Waals surface area contributed by atoms with Gasteiger partial charge in [0.2, 0.25) is 0 Å². The predicted molar refractivity (Wildman–Crippen MR) is 97.3 cm³/mol. The molecule has 2 aromatic rings. The number of amides is 1. The van der Waals surface area contributed by atoms with Crippen molar-refractivity contribution in [2.24, 2.45) is 11.8 Å². The van der Waals surface area contributed by atoms with E-state index in [1.807, 2.05) is 17.9 Å². The molecule has 0 unspecified atom stereocenters. The van der Waals surface area contributed by atoms with E-state index in [0.29, 0.717) is 23.6 Å². The van der Waals surface area contributed by atoms with Gasteiger partial charge in [0.25, 0.3) is 5.91 Å². The van der Waals surface area contributed by atoms with Crippen LogP contribution < -0.4 is 0 Å². The topological polar surface area (TPSA) is 41.4 Å². The molecule has 0 aliphatic carbocycles. The summed E-state index contributed by atoms with van der Waals surface area (Å²) in [6, 6.07) is 10.9. The molecule has 0 bridgehead atoms. The second kappa shape index (κ2) is 6.30. The molecule has 2 aliphatic rings. The number of carbonyl (C=O) groups excluding carboxylic acids is 1.